The highest BCUT2D eigenvalue weighted by Gasteiger charge is 2.29. The number of hydrogen-bond donors (Lipinski definition) is 3. The van der Waals surface area contributed by atoms with Crippen molar-refractivity contribution >= 4 is 46.7 Å². The SMILES string of the molecule is CC(C)(C(=O)NNC(=S)S)c1ccc(Cl)cc1. The van der Waals surface area contributed by atoms with Crippen molar-refractivity contribution in [2.45, 2.75) is 19.3 Å². The largest absolute Gasteiger partial charge is 0.283 e. The summed E-state index contributed by atoms with van der Waals surface area (Å²) in [4.78, 5) is 12.0. The number of rotatable bonds is 2. The molecule has 1 amide bonds. The molecule has 6 heteroatoms. The van der Waals surface area contributed by atoms with Gasteiger partial charge in [-0.3, -0.25) is 15.6 Å². The summed E-state index contributed by atoms with van der Waals surface area (Å²) in [7, 11) is 0. The van der Waals surface area contributed by atoms with Crippen LogP contribution < -0.4 is 10.9 Å². The van der Waals surface area contributed by atoms with E-state index in [1.54, 1.807) is 12.1 Å². The summed E-state index contributed by atoms with van der Waals surface area (Å²) in [5.74, 6) is -0.198. The Bertz CT molecular complexity index is 432. The number of thiocarbonyl (C=S) groups is 1. The highest BCUT2D eigenvalue weighted by atomic mass is 35.5. The molecular weight excluding hydrogens is 276 g/mol. The summed E-state index contributed by atoms with van der Waals surface area (Å²) in [6.07, 6.45) is 0. The lowest BCUT2D eigenvalue weighted by Crippen LogP contribution is -2.47. The molecule has 0 aromatic heterocycles. The summed E-state index contributed by atoms with van der Waals surface area (Å²) in [5, 5.41) is 0.639. The summed E-state index contributed by atoms with van der Waals surface area (Å²) >= 11 is 14.4. The molecular formula is C11H13ClN2OS2. The minimum atomic E-state index is -0.684. The Morgan fingerprint density at radius 2 is 1.82 bits per heavy atom. The van der Waals surface area contributed by atoms with Crippen LogP contribution in [-0.4, -0.2) is 10.2 Å². The van der Waals surface area contributed by atoms with Gasteiger partial charge in [0.2, 0.25) is 5.91 Å². The Balaban J connectivity index is 2.82. The molecule has 0 aliphatic rings. The van der Waals surface area contributed by atoms with Gasteiger partial charge in [0.15, 0.2) is 0 Å². The smallest absolute Gasteiger partial charge is 0.248 e. The van der Waals surface area contributed by atoms with Gasteiger partial charge in [0, 0.05) is 5.02 Å². The number of benzene rings is 1. The number of hydrazine groups is 1. The first kappa shape index (κ1) is 14.3. The van der Waals surface area contributed by atoms with Gasteiger partial charge in [0.05, 0.1) is 5.41 Å². The molecule has 1 rings (SSSR count). The van der Waals surface area contributed by atoms with Crippen LogP contribution in [0.1, 0.15) is 19.4 Å². The number of nitrogens with one attached hydrogen (secondary N) is 2. The molecule has 0 fully saturated rings. The lowest BCUT2D eigenvalue weighted by atomic mass is 9.84. The van der Waals surface area contributed by atoms with Gasteiger partial charge in [0.1, 0.15) is 4.32 Å². The van der Waals surface area contributed by atoms with Gasteiger partial charge < -0.3 is 0 Å². The minimum Gasteiger partial charge on any atom is -0.283 e. The van der Waals surface area contributed by atoms with Crippen molar-refractivity contribution in [2.75, 3.05) is 0 Å². The van der Waals surface area contributed by atoms with E-state index in [1.165, 1.54) is 0 Å². The lowest BCUT2D eigenvalue weighted by Gasteiger charge is -2.24. The topological polar surface area (TPSA) is 41.1 Å². The summed E-state index contributed by atoms with van der Waals surface area (Å²) in [5.41, 5.74) is 5.18. The molecule has 0 aliphatic heterocycles. The monoisotopic (exact) mass is 288 g/mol. The molecule has 0 atom stereocenters. The van der Waals surface area contributed by atoms with Gasteiger partial charge in [-0.1, -0.05) is 36.0 Å². The normalized spacial score (nSPS) is 10.8. The number of carbonyl (C=O) groups is 1. The average Bonchev–Trinajstić information content (AvgIpc) is 2.26. The van der Waals surface area contributed by atoms with E-state index in [0.29, 0.717) is 5.02 Å². The molecule has 0 saturated carbocycles. The predicted octanol–water partition coefficient (Wildman–Crippen LogP) is 2.45. The molecule has 1 aromatic carbocycles. The van der Waals surface area contributed by atoms with E-state index in [2.05, 4.69) is 23.5 Å². The van der Waals surface area contributed by atoms with Gasteiger partial charge in [-0.15, -0.1) is 12.6 Å². The maximum Gasteiger partial charge on any atom is 0.248 e. The molecule has 3 nitrogen and oxygen atoms in total. The average molecular weight is 289 g/mol. The number of hydrogen-bond acceptors (Lipinski definition) is 2. The highest BCUT2D eigenvalue weighted by molar-refractivity contribution is 8.11. The summed E-state index contributed by atoms with van der Waals surface area (Å²) in [6, 6.07) is 7.15. The van der Waals surface area contributed by atoms with Crippen LogP contribution in [0.2, 0.25) is 5.02 Å². The molecule has 17 heavy (non-hydrogen) atoms. The zero-order valence-corrected chi connectivity index (χ0v) is 11.9. The fraction of sp³-hybridized carbons (Fsp3) is 0.273. The molecule has 2 N–H and O–H groups in total. The van der Waals surface area contributed by atoms with Crippen LogP contribution in [0.25, 0.3) is 0 Å². The first-order valence-electron chi connectivity index (χ1n) is 4.89. The third-order valence-electron chi connectivity index (χ3n) is 2.42. The standard InChI is InChI=1S/C11H13ClN2OS2/c1-11(2,9(15)13-14-10(16)17)7-3-5-8(12)6-4-7/h3-6H,1-2H3,(H,13,15)(H2,14,16,17). The van der Waals surface area contributed by atoms with Crippen LogP contribution in [0.3, 0.4) is 0 Å². The second-order valence-corrected chi connectivity index (χ2v) is 5.61. The Kier molecular flexibility index (Phi) is 4.80. The molecule has 0 saturated heterocycles. The minimum absolute atomic E-state index is 0.198. The van der Waals surface area contributed by atoms with E-state index in [9.17, 15) is 4.79 Å². The van der Waals surface area contributed by atoms with Gasteiger partial charge in [-0.2, -0.15) is 0 Å². The predicted molar refractivity (Wildman–Crippen MR) is 77.3 cm³/mol. The number of carbonyl (C=O) groups excluding carboxylic acids is 1. The third-order valence-corrected chi connectivity index (χ3v) is 2.88. The Hall–Kier alpha value is -0.780. The molecule has 0 heterocycles. The van der Waals surface area contributed by atoms with E-state index in [0.717, 1.165) is 5.56 Å². The van der Waals surface area contributed by atoms with Crippen molar-refractivity contribution < 1.29 is 4.79 Å². The zero-order valence-electron chi connectivity index (χ0n) is 9.45. The maximum absolute atomic E-state index is 12.0. The Morgan fingerprint density at radius 3 is 2.29 bits per heavy atom. The van der Waals surface area contributed by atoms with Crippen molar-refractivity contribution in [1.82, 2.24) is 10.9 Å². The van der Waals surface area contributed by atoms with Crippen LogP contribution in [0.4, 0.5) is 0 Å². The molecule has 1 aromatic rings. The Labute approximate surface area is 116 Å². The number of halogens is 1. The quantitative estimate of drug-likeness (QED) is 0.445. The second-order valence-electron chi connectivity index (χ2n) is 4.02. The van der Waals surface area contributed by atoms with Crippen molar-refractivity contribution in [1.29, 1.82) is 0 Å². The fourth-order valence-electron chi connectivity index (χ4n) is 1.26. The number of amides is 1. The van der Waals surface area contributed by atoms with Crippen LogP contribution in [0.15, 0.2) is 24.3 Å². The van der Waals surface area contributed by atoms with Crippen molar-refractivity contribution in [3.05, 3.63) is 34.9 Å². The number of thiol groups is 1. The fourth-order valence-corrected chi connectivity index (χ4v) is 1.50. The van der Waals surface area contributed by atoms with Crippen molar-refractivity contribution in [3.8, 4) is 0 Å². The van der Waals surface area contributed by atoms with Gasteiger partial charge in [-0.05, 0) is 31.5 Å². The highest BCUT2D eigenvalue weighted by Crippen LogP contribution is 2.24. The molecule has 0 radical (unpaired) electrons. The van der Waals surface area contributed by atoms with Gasteiger partial charge in [0.25, 0.3) is 0 Å². The first-order valence-corrected chi connectivity index (χ1v) is 6.13. The third kappa shape index (κ3) is 3.87. The van der Waals surface area contributed by atoms with Crippen LogP contribution in [-0.2, 0) is 10.2 Å². The Morgan fingerprint density at radius 1 is 1.29 bits per heavy atom. The van der Waals surface area contributed by atoms with Crippen molar-refractivity contribution in [2.24, 2.45) is 0 Å². The van der Waals surface area contributed by atoms with E-state index in [-0.39, 0.29) is 10.2 Å². The summed E-state index contributed by atoms with van der Waals surface area (Å²) in [6.45, 7) is 3.63. The molecule has 0 bridgehead atoms. The van der Waals surface area contributed by atoms with E-state index in [4.69, 9.17) is 23.8 Å². The van der Waals surface area contributed by atoms with Gasteiger partial charge in [-0.25, -0.2) is 0 Å². The summed E-state index contributed by atoms with van der Waals surface area (Å²) < 4.78 is 0.213. The van der Waals surface area contributed by atoms with E-state index < -0.39 is 5.41 Å². The van der Waals surface area contributed by atoms with Crippen LogP contribution >= 0.6 is 36.4 Å². The maximum atomic E-state index is 12.0. The molecule has 0 spiro atoms. The van der Waals surface area contributed by atoms with Crippen LogP contribution in [0, 0.1) is 0 Å². The first-order chi connectivity index (χ1) is 7.84. The second kappa shape index (κ2) is 5.71. The van der Waals surface area contributed by atoms with Gasteiger partial charge >= 0.3 is 0 Å². The van der Waals surface area contributed by atoms with E-state index >= 15 is 0 Å². The lowest BCUT2D eigenvalue weighted by molar-refractivity contribution is -0.126. The molecule has 0 aliphatic carbocycles. The zero-order chi connectivity index (χ0) is 13.1. The van der Waals surface area contributed by atoms with E-state index in [1.807, 2.05) is 26.0 Å². The van der Waals surface area contributed by atoms with Crippen molar-refractivity contribution in [3.63, 3.8) is 0 Å². The molecule has 92 valence electrons. The molecule has 0 unspecified atom stereocenters. The van der Waals surface area contributed by atoms with Crippen LogP contribution in [0.5, 0.6) is 0 Å².